The Kier molecular flexibility index (Phi) is 7.27. The fraction of sp³-hybridized carbons (Fsp3) is 0.455. The predicted molar refractivity (Wildman–Crippen MR) is 174 cm³/mol. The fourth-order valence-electron chi connectivity index (χ4n) is 7.99. The minimum atomic E-state index is -2.97. The molecule has 4 atom stereocenters. The molecule has 45 heavy (non-hydrogen) atoms. The van der Waals surface area contributed by atoms with Gasteiger partial charge >= 0.3 is 6.01 Å². The smallest absolute Gasteiger partial charge is 0.319 e. The summed E-state index contributed by atoms with van der Waals surface area (Å²) in [5, 5.41) is 16.4. The van der Waals surface area contributed by atoms with E-state index in [0.29, 0.717) is 41.9 Å². The number of nitrogens with one attached hydrogen (secondary N) is 1. The average Bonchev–Trinajstić information content (AvgIpc) is 3.48. The molecule has 3 aromatic carbocycles. The van der Waals surface area contributed by atoms with Crippen molar-refractivity contribution in [3.8, 4) is 22.9 Å². The topological polar surface area (TPSA) is 108 Å². The van der Waals surface area contributed by atoms with Crippen LogP contribution < -0.4 is 15.0 Å². The van der Waals surface area contributed by atoms with E-state index in [1.807, 2.05) is 24.3 Å². The number of anilines is 1. The highest BCUT2D eigenvalue weighted by Gasteiger charge is 2.42. The Balaban J connectivity index is 1.14. The van der Waals surface area contributed by atoms with Crippen molar-refractivity contribution in [3.63, 3.8) is 0 Å². The van der Waals surface area contributed by atoms with Crippen LogP contribution in [0.1, 0.15) is 32.1 Å². The zero-order valence-electron chi connectivity index (χ0n) is 24.8. The van der Waals surface area contributed by atoms with Crippen molar-refractivity contribution in [2.75, 3.05) is 42.6 Å². The number of hydrogen-bond donors (Lipinski definition) is 2. The van der Waals surface area contributed by atoms with Gasteiger partial charge in [-0.2, -0.15) is 9.97 Å². The first-order valence-corrected chi connectivity index (χ1v) is 17.9. The molecule has 8 rings (SSSR count). The van der Waals surface area contributed by atoms with E-state index in [2.05, 4.69) is 20.1 Å². The van der Waals surface area contributed by atoms with Crippen LogP contribution in [0.25, 0.3) is 32.8 Å². The first kappa shape index (κ1) is 29.2. The highest BCUT2D eigenvalue weighted by Crippen LogP contribution is 2.43. The third kappa shape index (κ3) is 5.37. The lowest BCUT2D eigenvalue weighted by Crippen LogP contribution is -2.51. The summed E-state index contributed by atoms with van der Waals surface area (Å²) in [6.45, 7) is 2.52. The van der Waals surface area contributed by atoms with E-state index in [4.69, 9.17) is 21.3 Å². The standard InChI is InChI=1S/C33H35ClFN5O4S/c34-28-14-27-31(30(35)29(28)26-13-24(41)12-19-4-1-2-5-25(19)26)37-33(38-32(27)39-15-20-6-7-21(16-39)36-20)44-11-3-10-40-22-8-9-23(40)18-45(42,43)17-22/h1-2,4-5,12-14,20-23,36,41H,3,6-11,15-18H2. The van der Waals surface area contributed by atoms with E-state index < -0.39 is 15.7 Å². The number of sulfone groups is 1. The minimum absolute atomic E-state index is 0.0164. The second-order valence-corrected chi connectivity index (χ2v) is 15.5. The maximum Gasteiger partial charge on any atom is 0.319 e. The third-order valence-corrected chi connectivity index (χ3v) is 12.0. The van der Waals surface area contributed by atoms with Gasteiger partial charge in [-0.25, -0.2) is 12.8 Å². The number of benzene rings is 3. The fourth-order valence-corrected chi connectivity index (χ4v) is 10.3. The molecule has 0 saturated carbocycles. The lowest BCUT2D eigenvalue weighted by molar-refractivity contribution is 0.183. The van der Waals surface area contributed by atoms with Gasteiger partial charge in [0.05, 0.1) is 23.1 Å². The van der Waals surface area contributed by atoms with Crippen LogP contribution in [0, 0.1) is 5.82 Å². The molecule has 0 amide bonds. The van der Waals surface area contributed by atoms with Crippen molar-refractivity contribution in [3.05, 3.63) is 53.3 Å². The van der Waals surface area contributed by atoms with Crippen LogP contribution in [0.15, 0.2) is 42.5 Å². The van der Waals surface area contributed by atoms with Gasteiger partial charge in [-0.3, -0.25) is 4.90 Å². The minimum Gasteiger partial charge on any atom is -0.508 e. The van der Waals surface area contributed by atoms with Crippen LogP contribution in [-0.2, 0) is 9.84 Å². The first-order chi connectivity index (χ1) is 21.7. The summed E-state index contributed by atoms with van der Waals surface area (Å²) < 4.78 is 47.3. The summed E-state index contributed by atoms with van der Waals surface area (Å²) in [4.78, 5) is 13.9. The average molecular weight is 652 g/mol. The molecule has 236 valence electrons. The molecule has 4 aromatic rings. The molecule has 4 aliphatic heterocycles. The molecule has 4 fully saturated rings. The van der Waals surface area contributed by atoms with E-state index >= 15 is 4.39 Å². The molecule has 0 radical (unpaired) electrons. The molecule has 4 aliphatic rings. The van der Waals surface area contributed by atoms with Crippen molar-refractivity contribution >= 4 is 48.9 Å². The monoisotopic (exact) mass is 651 g/mol. The maximum absolute atomic E-state index is 16.8. The van der Waals surface area contributed by atoms with E-state index in [1.165, 1.54) is 6.07 Å². The molecule has 0 aliphatic carbocycles. The molecular formula is C33H35ClFN5O4S. The molecule has 4 bridgehead atoms. The highest BCUT2D eigenvalue weighted by molar-refractivity contribution is 7.91. The number of nitrogens with zero attached hydrogens (tertiary/aromatic N) is 4. The number of ether oxygens (including phenoxy) is 1. The van der Waals surface area contributed by atoms with Crippen LogP contribution in [0.4, 0.5) is 10.2 Å². The number of piperazine rings is 1. The Bertz CT molecular complexity index is 1890. The molecule has 9 nitrogen and oxygen atoms in total. The number of phenolic OH excluding ortho intramolecular Hbond substituents is 1. The number of aromatic hydroxyl groups is 1. The van der Waals surface area contributed by atoms with Crippen LogP contribution in [0.3, 0.4) is 0 Å². The third-order valence-electron chi connectivity index (χ3n) is 9.93. The molecule has 12 heteroatoms. The molecular weight excluding hydrogens is 617 g/mol. The highest BCUT2D eigenvalue weighted by atomic mass is 35.5. The molecule has 5 heterocycles. The Morgan fingerprint density at radius 1 is 1.00 bits per heavy atom. The quantitative estimate of drug-likeness (QED) is 0.269. The van der Waals surface area contributed by atoms with Gasteiger partial charge in [0.1, 0.15) is 17.1 Å². The molecule has 4 unspecified atom stereocenters. The summed E-state index contributed by atoms with van der Waals surface area (Å²) >= 11 is 6.86. The van der Waals surface area contributed by atoms with Gasteiger partial charge in [0.15, 0.2) is 15.7 Å². The van der Waals surface area contributed by atoms with Gasteiger partial charge in [0, 0.05) is 54.8 Å². The lowest BCUT2D eigenvalue weighted by atomic mass is 9.96. The zero-order valence-corrected chi connectivity index (χ0v) is 26.3. The van der Waals surface area contributed by atoms with Crippen molar-refractivity contribution < 1.29 is 22.7 Å². The second-order valence-electron chi connectivity index (χ2n) is 12.9. The molecule has 1 aromatic heterocycles. The van der Waals surface area contributed by atoms with Gasteiger partial charge in [-0.15, -0.1) is 0 Å². The Morgan fingerprint density at radius 3 is 2.49 bits per heavy atom. The second kappa shape index (κ2) is 11.2. The Labute approximate surface area is 266 Å². The van der Waals surface area contributed by atoms with Crippen LogP contribution in [-0.4, -0.2) is 90.3 Å². The van der Waals surface area contributed by atoms with Gasteiger partial charge in [0.2, 0.25) is 0 Å². The van der Waals surface area contributed by atoms with Gasteiger partial charge < -0.3 is 20.1 Å². The number of fused-ring (bicyclic) bond motifs is 6. The Hall–Kier alpha value is -3.25. The summed E-state index contributed by atoms with van der Waals surface area (Å²) in [7, 11) is -2.97. The van der Waals surface area contributed by atoms with E-state index in [1.54, 1.807) is 12.1 Å². The van der Waals surface area contributed by atoms with Gasteiger partial charge in [-0.05, 0) is 66.6 Å². The number of rotatable bonds is 7. The van der Waals surface area contributed by atoms with E-state index in [0.717, 1.165) is 56.1 Å². The van der Waals surface area contributed by atoms with Crippen molar-refractivity contribution in [1.82, 2.24) is 20.2 Å². The number of phenols is 1. The van der Waals surface area contributed by atoms with E-state index in [9.17, 15) is 13.5 Å². The van der Waals surface area contributed by atoms with Crippen LogP contribution >= 0.6 is 11.6 Å². The van der Waals surface area contributed by atoms with Crippen LogP contribution in [0.2, 0.25) is 5.02 Å². The van der Waals surface area contributed by atoms with Gasteiger partial charge in [0.25, 0.3) is 0 Å². The van der Waals surface area contributed by atoms with Crippen molar-refractivity contribution in [2.24, 2.45) is 0 Å². The summed E-state index contributed by atoms with van der Waals surface area (Å²) in [5.41, 5.74) is 0.769. The number of hydrogen-bond acceptors (Lipinski definition) is 9. The molecule has 2 N–H and O–H groups in total. The number of aromatic nitrogens is 2. The number of halogens is 2. The molecule has 4 saturated heterocycles. The summed E-state index contributed by atoms with van der Waals surface area (Å²) in [6.07, 6.45) is 4.65. The van der Waals surface area contributed by atoms with Crippen molar-refractivity contribution in [2.45, 2.75) is 56.3 Å². The largest absolute Gasteiger partial charge is 0.508 e. The summed E-state index contributed by atoms with van der Waals surface area (Å²) in [6, 6.07) is 13.3. The van der Waals surface area contributed by atoms with Crippen molar-refractivity contribution in [1.29, 1.82) is 0 Å². The summed E-state index contributed by atoms with van der Waals surface area (Å²) in [5.74, 6) is 0.481. The van der Waals surface area contributed by atoms with Crippen LogP contribution in [0.5, 0.6) is 11.8 Å². The SMILES string of the molecule is O=S1(=O)CC2CCC(C1)N2CCCOc1nc(N2CC3CCC(C2)N3)c2cc(Cl)c(-c3cc(O)cc4ccccc34)c(F)c2n1. The zero-order chi connectivity index (χ0) is 30.9. The van der Waals surface area contributed by atoms with E-state index in [-0.39, 0.29) is 51.5 Å². The Morgan fingerprint density at radius 2 is 1.73 bits per heavy atom. The maximum atomic E-state index is 16.8. The predicted octanol–water partition coefficient (Wildman–Crippen LogP) is 4.92. The lowest BCUT2D eigenvalue weighted by Gasteiger charge is -2.34. The molecule has 0 spiro atoms. The first-order valence-electron chi connectivity index (χ1n) is 15.7. The van der Waals surface area contributed by atoms with Gasteiger partial charge in [-0.1, -0.05) is 35.9 Å². The normalized spacial score (nSPS) is 25.8.